The number of benzene rings is 1. The van der Waals surface area contributed by atoms with Crippen LogP contribution in [-0.2, 0) is 4.79 Å². The van der Waals surface area contributed by atoms with Crippen molar-refractivity contribution in [1.29, 1.82) is 0 Å². The Bertz CT molecular complexity index is 443. The van der Waals surface area contributed by atoms with E-state index in [0.29, 0.717) is 0 Å². The molecule has 2 atom stereocenters. The Balaban J connectivity index is 2.96. The Hall–Kier alpha value is -1.55. The maximum Gasteiger partial charge on any atom is 0.320 e. The predicted molar refractivity (Wildman–Crippen MR) is 75.5 cm³/mol. The molecule has 4 nitrogen and oxygen atoms in total. The van der Waals surface area contributed by atoms with E-state index in [9.17, 15) is 9.90 Å². The molecule has 0 aromatic heterocycles. The second-order valence-electron chi connectivity index (χ2n) is 5.19. The van der Waals surface area contributed by atoms with Gasteiger partial charge < -0.3 is 9.84 Å². The third-order valence-electron chi connectivity index (χ3n) is 3.21. The van der Waals surface area contributed by atoms with Crippen LogP contribution < -0.4 is 10.1 Å². The molecule has 0 heterocycles. The highest BCUT2D eigenvalue weighted by atomic mass is 16.5. The lowest BCUT2D eigenvalue weighted by Crippen LogP contribution is -2.42. The number of hydrogen-bond donors (Lipinski definition) is 2. The van der Waals surface area contributed by atoms with E-state index in [1.54, 1.807) is 7.11 Å². The fraction of sp³-hybridized carbons (Fsp3) is 0.533. The van der Waals surface area contributed by atoms with Gasteiger partial charge in [0.25, 0.3) is 0 Å². The van der Waals surface area contributed by atoms with Crippen molar-refractivity contribution in [3.63, 3.8) is 0 Å². The van der Waals surface area contributed by atoms with Crippen LogP contribution in [0.4, 0.5) is 0 Å². The molecule has 0 radical (unpaired) electrons. The Morgan fingerprint density at radius 1 is 1.32 bits per heavy atom. The Morgan fingerprint density at radius 3 is 2.42 bits per heavy atom. The van der Waals surface area contributed by atoms with E-state index < -0.39 is 12.0 Å². The van der Waals surface area contributed by atoms with Gasteiger partial charge in [0.15, 0.2) is 0 Å². The zero-order valence-electron chi connectivity index (χ0n) is 12.2. The van der Waals surface area contributed by atoms with Gasteiger partial charge in [-0.05, 0) is 25.8 Å². The molecule has 106 valence electrons. The zero-order valence-corrected chi connectivity index (χ0v) is 12.2. The number of nitrogens with one attached hydrogen (secondary N) is 1. The average molecular weight is 265 g/mol. The number of carboxylic acids is 1. The second-order valence-corrected chi connectivity index (χ2v) is 5.19. The fourth-order valence-corrected chi connectivity index (χ4v) is 2.10. The molecule has 19 heavy (non-hydrogen) atoms. The summed E-state index contributed by atoms with van der Waals surface area (Å²) in [7, 11) is 1.62. The normalized spacial score (nSPS) is 14.2. The average Bonchev–Trinajstić information content (AvgIpc) is 2.34. The van der Waals surface area contributed by atoms with Gasteiger partial charge in [-0.15, -0.1) is 0 Å². The van der Waals surface area contributed by atoms with Crippen molar-refractivity contribution in [3.05, 3.63) is 29.3 Å². The largest absolute Gasteiger partial charge is 0.496 e. The number of carbonyl (C=O) groups is 1. The topological polar surface area (TPSA) is 58.6 Å². The molecule has 0 aliphatic carbocycles. The highest BCUT2D eigenvalue weighted by Gasteiger charge is 2.24. The van der Waals surface area contributed by atoms with Crippen LogP contribution >= 0.6 is 0 Å². The van der Waals surface area contributed by atoms with Crippen LogP contribution in [0.25, 0.3) is 0 Å². The van der Waals surface area contributed by atoms with Crippen LogP contribution in [0.15, 0.2) is 18.2 Å². The molecule has 1 aromatic rings. The van der Waals surface area contributed by atoms with E-state index in [-0.39, 0.29) is 12.0 Å². The zero-order chi connectivity index (χ0) is 14.6. The van der Waals surface area contributed by atoms with Crippen LogP contribution in [0, 0.1) is 12.8 Å². The first-order valence-corrected chi connectivity index (χ1v) is 6.50. The summed E-state index contributed by atoms with van der Waals surface area (Å²) in [5.74, 6) is -0.0253. The summed E-state index contributed by atoms with van der Waals surface area (Å²) in [5.41, 5.74) is 2.11. The van der Waals surface area contributed by atoms with E-state index in [0.717, 1.165) is 16.9 Å². The van der Waals surface area contributed by atoms with Gasteiger partial charge in [0, 0.05) is 11.6 Å². The van der Waals surface area contributed by atoms with Crippen molar-refractivity contribution in [1.82, 2.24) is 5.32 Å². The van der Waals surface area contributed by atoms with Gasteiger partial charge >= 0.3 is 5.97 Å². The summed E-state index contributed by atoms with van der Waals surface area (Å²) in [6.07, 6.45) is 0. The minimum absolute atomic E-state index is 0.0238. The molecule has 2 N–H and O–H groups in total. The molecular weight excluding hydrogens is 242 g/mol. The predicted octanol–water partition coefficient (Wildman–Crippen LogP) is 2.76. The van der Waals surface area contributed by atoms with Crippen molar-refractivity contribution in [2.45, 2.75) is 39.8 Å². The Labute approximate surface area is 114 Å². The minimum Gasteiger partial charge on any atom is -0.496 e. The number of aryl methyl sites for hydroxylation is 1. The molecular formula is C15H23NO3. The van der Waals surface area contributed by atoms with Gasteiger partial charge in [-0.1, -0.05) is 31.5 Å². The molecule has 1 rings (SSSR count). The molecule has 0 bridgehead atoms. The summed E-state index contributed by atoms with van der Waals surface area (Å²) in [6.45, 7) is 7.75. The summed E-state index contributed by atoms with van der Waals surface area (Å²) >= 11 is 0. The number of rotatable bonds is 6. The van der Waals surface area contributed by atoms with E-state index in [1.165, 1.54) is 0 Å². The van der Waals surface area contributed by atoms with Gasteiger partial charge in [0.1, 0.15) is 11.8 Å². The molecule has 0 spiro atoms. The summed E-state index contributed by atoms with van der Waals surface area (Å²) < 4.78 is 5.34. The van der Waals surface area contributed by atoms with Gasteiger partial charge in [-0.2, -0.15) is 0 Å². The number of hydrogen-bond acceptors (Lipinski definition) is 3. The van der Waals surface area contributed by atoms with Gasteiger partial charge in [0.05, 0.1) is 7.11 Å². The first-order valence-electron chi connectivity index (χ1n) is 6.50. The van der Waals surface area contributed by atoms with Crippen molar-refractivity contribution in [3.8, 4) is 5.75 Å². The van der Waals surface area contributed by atoms with Crippen LogP contribution in [0.5, 0.6) is 5.75 Å². The third-order valence-corrected chi connectivity index (χ3v) is 3.21. The molecule has 2 unspecified atom stereocenters. The first-order chi connectivity index (χ1) is 8.86. The first kappa shape index (κ1) is 15.5. The summed E-state index contributed by atoms with van der Waals surface area (Å²) in [6, 6.07) is 5.26. The Kier molecular flexibility index (Phi) is 5.36. The van der Waals surface area contributed by atoms with Gasteiger partial charge in [-0.3, -0.25) is 10.1 Å². The fourth-order valence-electron chi connectivity index (χ4n) is 2.10. The lowest BCUT2D eigenvalue weighted by atomic mass is 9.99. The molecule has 0 saturated carbocycles. The molecule has 0 saturated heterocycles. The molecule has 4 heteroatoms. The van der Waals surface area contributed by atoms with Gasteiger partial charge in [-0.25, -0.2) is 0 Å². The van der Waals surface area contributed by atoms with Crippen molar-refractivity contribution in [2.75, 3.05) is 7.11 Å². The van der Waals surface area contributed by atoms with Crippen LogP contribution in [-0.4, -0.2) is 24.2 Å². The second kappa shape index (κ2) is 6.57. The van der Waals surface area contributed by atoms with Gasteiger partial charge in [0.2, 0.25) is 0 Å². The number of carboxylic acid groups (broad SMARTS) is 1. The lowest BCUT2D eigenvalue weighted by molar-refractivity contribution is -0.140. The lowest BCUT2D eigenvalue weighted by Gasteiger charge is -2.24. The third kappa shape index (κ3) is 3.96. The maximum atomic E-state index is 11.2. The molecule has 0 amide bonds. The number of ether oxygens (including phenoxy) is 1. The Morgan fingerprint density at radius 2 is 1.95 bits per heavy atom. The van der Waals surface area contributed by atoms with E-state index in [4.69, 9.17) is 4.74 Å². The minimum atomic E-state index is -0.825. The maximum absolute atomic E-state index is 11.2. The standard InChI is InChI=1S/C15H23NO3/c1-9(2)14(15(17)18)16-11(4)12-8-10(3)6-7-13(12)19-5/h6-9,11,14,16H,1-5H3,(H,17,18). The molecule has 0 aliphatic rings. The van der Waals surface area contributed by atoms with Crippen molar-refractivity contribution in [2.24, 2.45) is 5.92 Å². The summed E-state index contributed by atoms with van der Waals surface area (Å²) in [4.78, 5) is 11.2. The molecule has 0 fully saturated rings. The van der Waals surface area contributed by atoms with Crippen LogP contribution in [0.2, 0.25) is 0 Å². The monoisotopic (exact) mass is 265 g/mol. The van der Waals surface area contributed by atoms with Crippen LogP contribution in [0.1, 0.15) is 37.9 Å². The highest BCUT2D eigenvalue weighted by Crippen LogP contribution is 2.26. The number of methoxy groups -OCH3 is 1. The summed E-state index contributed by atoms with van der Waals surface area (Å²) in [5, 5.41) is 12.4. The van der Waals surface area contributed by atoms with Crippen LogP contribution in [0.3, 0.4) is 0 Å². The molecule has 1 aromatic carbocycles. The smallest absolute Gasteiger partial charge is 0.320 e. The SMILES string of the molecule is COc1ccc(C)cc1C(C)NC(C(=O)O)C(C)C. The number of aliphatic carboxylic acids is 1. The van der Waals surface area contributed by atoms with E-state index in [2.05, 4.69) is 5.32 Å². The highest BCUT2D eigenvalue weighted by molar-refractivity contribution is 5.73. The quantitative estimate of drug-likeness (QED) is 0.830. The van der Waals surface area contributed by atoms with Crippen molar-refractivity contribution >= 4 is 5.97 Å². The van der Waals surface area contributed by atoms with Crippen molar-refractivity contribution < 1.29 is 14.6 Å². The molecule has 0 aliphatic heterocycles. The van der Waals surface area contributed by atoms with E-state index >= 15 is 0 Å². The van der Waals surface area contributed by atoms with E-state index in [1.807, 2.05) is 45.9 Å².